The molecule has 0 aliphatic heterocycles. The molecule has 1 aromatic rings. The van der Waals surface area contributed by atoms with Gasteiger partial charge in [0, 0.05) is 12.6 Å². The number of nitrogens with one attached hydrogen (secondary N) is 1. The van der Waals surface area contributed by atoms with E-state index in [4.69, 9.17) is 5.73 Å². The number of primary amides is 1. The molecule has 4 nitrogen and oxygen atoms in total. The smallest absolute Gasteiger partial charge is 0.247 e. The van der Waals surface area contributed by atoms with Crippen LogP contribution in [0, 0.1) is 13.8 Å². The van der Waals surface area contributed by atoms with Crippen molar-refractivity contribution >= 4 is 5.91 Å². The summed E-state index contributed by atoms with van der Waals surface area (Å²) in [5.74, 6) is -0.704. The highest BCUT2D eigenvalue weighted by molar-refractivity contribution is 5.78. The number of amides is 1. The number of nitrogens with two attached hydrogens (primary N) is 1. The molecule has 2 unspecified atom stereocenters. The van der Waals surface area contributed by atoms with Crippen LogP contribution in [0.5, 0.6) is 0 Å². The van der Waals surface area contributed by atoms with Crippen LogP contribution < -0.4 is 11.1 Å². The standard InChI is InChI=1S/C13H20N2O2/c1-8-4-5-11(6-9(8)2)10(3)15-7-12(16)13(14)17/h4-6,10,12,15-16H,7H2,1-3H3,(H2,14,17). The monoisotopic (exact) mass is 236 g/mol. The summed E-state index contributed by atoms with van der Waals surface area (Å²) in [5.41, 5.74) is 8.58. The third-order valence-corrected chi connectivity index (χ3v) is 2.98. The fourth-order valence-electron chi connectivity index (χ4n) is 1.54. The number of carbonyl (C=O) groups excluding carboxylic acids is 1. The van der Waals surface area contributed by atoms with Crippen molar-refractivity contribution in [3.05, 3.63) is 34.9 Å². The van der Waals surface area contributed by atoms with Crippen molar-refractivity contribution in [2.75, 3.05) is 6.54 Å². The highest BCUT2D eigenvalue weighted by Crippen LogP contribution is 2.16. The Balaban J connectivity index is 2.60. The molecule has 1 aromatic carbocycles. The van der Waals surface area contributed by atoms with Gasteiger partial charge in [-0.3, -0.25) is 4.79 Å². The maximum absolute atomic E-state index is 10.7. The van der Waals surface area contributed by atoms with Crippen LogP contribution in [0.15, 0.2) is 18.2 Å². The highest BCUT2D eigenvalue weighted by atomic mass is 16.3. The Morgan fingerprint density at radius 1 is 1.41 bits per heavy atom. The van der Waals surface area contributed by atoms with Crippen LogP contribution in [-0.4, -0.2) is 23.7 Å². The van der Waals surface area contributed by atoms with Crippen LogP contribution in [0.2, 0.25) is 0 Å². The van der Waals surface area contributed by atoms with Crippen LogP contribution in [0.4, 0.5) is 0 Å². The Morgan fingerprint density at radius 2 is 2.06 bits per heavy atom. The first kappa shape index (κ1) is 13.7. The second-order valence-electron chi connectivity index (χ2n) is 4.39. The van der Waals surface area contributed by atoms with Gasteiger partial charge >= 0.3 is 0 Å². The lowest BCUT2D eigenvalue weighted by atomic mass is 10.0. The molecule has 0 bridgehead atoms. The van der Waals surface area contributed by atoms with Gasteiger partial charge in [-0.05, 0) is 37.5 Å². The molecule has 0 heterocycles. The molecule has 0 aliphatic carbocycles. The average molecular weight is 236 g/mol. The number of carbonyl (C=O) groups is 1. The molecule has 17 heavy (non-hydrogen) atoms. The van der Waals surface area contributed by atoms with Crippen molar-refractivity contribution in [1.29, 1.82) is 0 Å². The summed E-state index contributed by atoms with van der Waals surface area (Å²) in [6.45, 7) is 6.28. The minimum absolute atomic E-state index is 0.0725. The number of aliphatic hydroxyl groups is 1. The van der Waals surface area contributed by atoms with E-state index in [2.05, 4.69) is 31.3 Å². The van der Waals surface area contributed by atoms with Gasteiger partial charge in [0.15, 0.2) is 0 Å². The summed E-state index contributed by atoms with van der Waals surface area (Å²) in [6, 6.07) is 6.27. The zero-order valence-corrected chi connectivity index (χ0v) is 10.5. The molecule has 0 aliphatic rings. The Kier molecular flexibility index (Phi) is 4.66. The first-order valence-electron chi connectivity index (χ1n) is 5.69. The van der Waals surface area contributed by atoms with E-state index in [9.17, 15) is 9.90 Å². The van der Waals surface area contributed by atoms with Crippen molar-refractivity contribution in [3.8, 4) is 0 Å². The van der Waals surface area contributed by atoms with E-state index in [0.717, 1.165) is 5.56 Å². The molecular weight excluding hydrogens is 216 g/mol. The number of hydrogen-bond donors (Lipinski definition) is 3. The zero-order valence-electron chi connectivity index (χ0n) is 10.5. The second-order valence-corrected chi connectivity index (χ2v) is 4.39. The predicted molar refractivity (Wildman–Crippen MR) is 67.5 cm³/mol. The van der Waals surface area contributed by atoms with E-state index in [1.54, 1.807) is 0 Å². The van der Waals surface area contributed by atoms with Gasteiger partial charge in [0.25, 0.3) is 0 Å². The van der Waals surface area contributed by atoms with E-state index >= 15 is 0 Å². The average Bonchev–Trinajstić information content (AvgIpc) is 2.28. The Labute approximate surface area is 102 Å². The highest BCUT2D eigenvalue weighted by Gasteiger charge is 2.13. The fourth-order valence-corrected chi connectivity index (χ4v) is 1.54. The predicted octanol–water partition coefficient (Wildman–Crippen LogP) is 0.800. The molecule has 0 saturated carbocycles. The fraction of sp³-hybridized carbons (Fsp3) is 0.462. The molecule has 4 heteroatoms. The molecule has 0 fully saturated rings. The van der Waals surface area contributed by atoms with E-state index in [1.807, 2.05) is 13.0 Å². The van der Waals surface area contributed by atoms with Crippen molar-refractivity contribution in [1.82, 2.24) is 5.32 Å². The van der Waals surface area contributed by atoms with Gasteiger partial charge < -0.3 is 16.2 Å². The lowest BCUT2D eigenvalue weighted by Crippen LogP contribution is -2.38. The number of benzene rings is 1. The van der Waals surface area contributed by atoms with Crippen LogP contribution in [0.25, 0.3) is 0 Å². The van der Waals surface area contributed by atoms with E-state index in [1.165, 1.54) is 11.1 Å². The summed E-state index contributed by atoms with van der Waals surface area (Å²) < 4.78 is 0. The van der Waals surface area contributed by atoms with Gasteiger partial charge in [0.1, 0.15) is 6.10 Å². The summed E-state index contributed by atoms with van der Waals surface area (Å²) in [7, 11) is 0. The second kappa shape index (κ2) is 5.80. The quantitative estimate of drug-likeness (QED) is 0.708. The maximum atomic E-state index is 10.7. The topological polar surface area (TPSA) is 75.3 Å². The van der Waals surface area contributed by atoms with E-state index in [-0.39, 0.29) is 12.6 Å². The molecule has 0 spiro atoms. The molecule has 4 N–H and O–H groups in total. The first-order valence-corrected chi connectivity index (χ1v) is 5.69. The Morgan fingerprint density at radius 3 is 2.59 bits per heavy atom. The lowest BCUT2D eigenvalue weighted by molar-refractivity contribution is -0.125. The van der Waals surface area contributed by atoms with Crippen molar-refractivity contribution < 1.29 is 9.90 Å². The normalized spacial score (nSPS) is 14.4. The summed E-state index contributed by atoms with van der Waals surface area (Å²) in [6.07, 6.45) is -1.14. The van der Waals surface area contributed by atoms with Gasteiger partial charge in [-0.15, -0.1) is 0 Å². The van der Waals surface area contributed by atoms with Crippen LogP contribution in [0.3, 0.4) is 0 Å². The summed E-state index contributed by atoms with van der Waals surface area (Å²) >= 11 is 0. The SMILES string of the molecule is Cc1ccc(C(C)NCC(O)C(N)=O)cc1C. The van der Waals surface area contributed by atoms with Crippen LogP contribution in [-0.2, 0) is 4.79 Å². The van der Waals surface area contributed by atoms with E-state index in [0.29, 0.717) is 0 Å². The maximum Gasteiger partial charge on any atom is 0.247 e. The summed E-state index contributed by atoms with van der Waals surface area (Å²) in [4.78, 5) is 10.7. The minimum atomic E-state index is -1.14. The van der Waals surface area contributed by atoms with Crippen LogP contribution >= 0.6 is 0 Å². The third-order valence-electron chi connectivity index (χ3n) is 2.98. The molecule has 2 atom stereocenters. The zero-order chi connectivity index (χ0) is 13.0. The van der Waals surface area contributed by atoms with Gasteiger partial charge in [-0.25, -0.2) is 0 Å². The molecule has 1 amide bonds. The van der Waals surface area contributed by atoms with Gasteiger partial charge in [0.2, 0.25) is 5.91 Å². The van der Waals surface area contributed by atoms with E-state index < -0.39 is 12.0 Å². The third kappa shape index (κ3) is 3.84. The largest absolute Gasteiger partial charge is 0.382 e. The Hall–Kier alpha value is -1.39. The number of aliphatic hydroxyl groups excluding tert-OH is 1. The number of aryl methyl sites for hydroxylation is 2. The van der Waals surface area contributed by atoms with Crippen LogP contribution in [0.1, 0.15) is 29.7 Å². The molecule has 0 aromatic heterocycles. The van der Waals surface area contributed by atoms with Crippen molar-refractivity contribution in [3.63, 3.8) is 0 Å². The number of rotatable bonds is 5. The molecule has 94 valence electrons. The number of hydrogen-bond acceptors (Lipinski definition) is 3. The lowest BCUT2D eigenvalue weighted by Gasteiger charge is -2.17. The molecule has 0 saturated heterocycles. The molecule has 0 radical (unpaired) electrons. The van der Waals surface area contributed by atoms with Crippen molar-refractivity contribution in [2.45, 2.75) is 32.9 Å². The molecule has 1 rings (SSSR count). The summed E-state index contributed by atoms with van der Waals surface area (Å²) in [5, 5.41) is 12.4. The first-order chi connectivity index (χ1) is 7.91. The van der Waals surface area contributed by atoms with Gasteiger partial charge in [0.05, 0.1) is 0 Å². The molecular formula is C13H20N2O2. The Bertz CT molecular complexity index is 404. The van der Waals surface area contributed by atoms with Gasteiger partial charge in [-0.2, -0.15) is 0 Å². The van der Waals surface area contributed by atoms with Gasteiger partial charge in [-0.1, -0.05) is 18.2 Å². The van der Waals surface area contributed by atoms with Crippen molar-refractivity contribution in [2.24, 2.45) is 5.73 Å². The minimum Gasteiger partial charge on any atom is -0.382 e.